The lowest BCUT2D eigenvalue weighted by atomic mass is 9.95. The molecule has 1 aliphatic rings. The van der Waals surface area contributed by atoms with Crippen LogP contribution in [0.25, 0.3) is 11.1 Å². The molecule has 0 spiro atoms. The lowest BCUT2D eigenvalue weighted by molar-refractivity contribution is -0.107. The van der Waals surface area contributed by atoms with Crippen LogP contribution >= 0.6 is 0 Å². The molecule has 0 bridgehead atoms. The highest BCUT2D eigenvalue weighted by atomic mass is 16.3. The minimum absolute atomic E-state index is 0.0900. The quantitative estimate of drug-likeness (QED) is 0.666. The molecule has 102 valence electrons. The molecule has 0 saturated heterocycles. The Bertz CT molecular complexity index is 631. The van der Waals surface area contributed by atoms with Crippen molar-refractivity contribution in [1.82, 2.24) is 0 Å². The van der Waals surface area contributed by atoms with E-state index >= 15 is 0 Å². The van der Waals surface area contributed by atoms with Crippen LogP contribution in [-0.4, -0.2) is 18.0 Å². The molecule has 0 fully saturated rings. The van der Waals surface area contributed by atoms with E-state index in [1.165, 1.54) is 27.8 Å². The zero-order valence-electron chi connectivity index (χ0n) is 11.4. The second-order valence-electron chi connectivity index (χ2n) is 5.30. The maximum absolute atomic E-state index is 10.4. The molecule has 1 aliphatic carbocycles. The third-order valence-electron chi connectivity index (χ3n) is 4.09. The van der Waals surface area contributed by atoms with Gasteiger partial charge in [-0.05, 0) is 40.7 Å². The predicted octanol–water partition coefficient (Wildman–Crippen LogP) is 3.31. The summed E-state index contributed by atoms with van der Waals surface area (Å²) < 4.78 is 0. The van der Waals surface area contributed by atoms with Crippen LogP contribution in [-0.2, 0) is 11.2 Å². The first-order chi connectivity index (χ1) is 9.85. The van der Waals surface area contributed by atoms with Crippen molar-refractivity contribution in [3.05, 3.63) is 59.2 Å². The van der Waals surface area contributed by atoms with Crippen molar-refractivity contribution >= 4 is 6.29 Å². The fraction of sp³-hybridized carbons (Fsp3) is 0.278. The fourth-order valence-corrected chi connectivity index (χ4v) is 3.10. The van der Waals surface area contributed by atoms with E-state index < -0.39 is 0 Å². The summed E-state index contributed by atoms with van der Waals surface area (Å²) in [5.41, 5.74) is 6.16. The Morgan fingerprint density at radius 1 is 1.05 bits per heavy atom. The van der Waals surface area contributed by atoms with Gasteiger partial charge in [-0.15, -0.1) is 0 Å². The second kappa shape index (κ2) is 5.59. The number of aliphatic hydroxyl groups is 1. The van der Waals surface area contributed by atoms with Crippen molar-refractivity contribution in [1.29, 1.82) is 0 Å². The molecule has 1 unspecified atom stereocenters. The Hall–Kier alpha value is -1.93. The highest BCUT2D eigenvalue weighted by Gasteiger charge is 2.27. The Balaban J connectivity index is 1.96. The lowest BCUT2D eigenvalue weighted by Crippen LogP contribution is -2.02. The number of rotatable bonds is 5. The van der Waals surface area contributed by atoms with Crippen LogP contribution in [0.15, 0.2) is 42.5 Å². The predicted molar refractivity (Wildman–Crippen MR) is 79.8 cm³/mol. The van der Waals surface area contributed by atoms with Gasteiger partial charge in [-0.25, -0.2) is 0 Å². The lowest BCUT2D eigenvalue weighted by Gasteiger charge is -2.11. The molecule has 2 heteroatoms. The Morgan fingerprint density at radius 2 is 1.85 bits per heavy atom. The van der Waals surface area contributed by atoms with Crippen LogP contribution in [0.4, 0.5) is 0 Å². The summed E-state index contributed by atoms with van der Waals surface area (Å²) >= 11 is 0. The number of unbranched alkanes of at least 4 members (excludes halogenated alkanes) is 1. The van der Waals surface area contributed by atoms with Crippen LogP contribution in [0.3, 0.4) is 0 Å². The van der Waals surface area contributed by atoms with E-state index in [9.17, 15) is 9.90 Å². The van der Waals surface area contributed by atoms with Crippen molar-refractivity contribution in [3.8, 4) is 11.1 Å². The smallest absolute Gasteiger partial charge is 0.120 e. The maximum Gasteiger partial charge on any atom is 0.120 e. The van der Waals surface area contributed by atoms with E-state index in [1.54, 1.807) is 0 Å². The number of hydrogen-bond acceptors (Lipinski definition) is 2. The van der Waals surface area contributed by atoms with Gasteiger partial charge in [0, 0.05) is 12.3 Å². The summed E-state index contributed by atoms with van der Waals surface area (Å²) in [5.74, 6) is 0.0900. The van der Waals surface area contributed by atoms with Crippen molar-refractivity contribution in [2.75, 3.05) is 6.61 Å². The minimum Gasteiger partial charge on any atom is -0.395 e. The molecule has 0 aromatic heterocycles. The number of hydrogen-bond donors (Lipinski definition) is 1. The molecule has 1 atom stereocenters. The number of carbonyl (C=O) groups excluding carboxylic acids is 1. The molecule has 0 heterocycles. The minimum atomic E-state index is 0.0900. The highest BCUT2D eigenvalue weighted by molar-refractivity contribution is 5.79. The summed E-state index contributed by atoms with van der Waals surface area (Å²) in [6.07, 6.45) is 3.39. The maximum atomic E-state index is 10.4. The molecule has 1 N–H and O–H groups in total. The van der Waals surface area contributed by atoms with Crippen LogP contribution in [0, 0.1) is 0 Å². The summed E-state index contributed by atoms with van der Waals surface area (Å²) in [6.45, 7) is 0.141. The molecule has 0 radical (unpaired) electrons. The molecule has 2 nitrogen and oxygen atoms in total. The van der Waals surface area contributed by atoms with Crippen LogP contribution in [0.1, 0.15) is 35.4 Å². The van der Waals surface area contributed by atoms with E-state index in [4.69, 9.17) is 0 Å². The largest absolute Gasteiger partial charge is 0.395 e. The number of aryl methyl sites for hydroxylation is 1. The summed E-state index contributed by atoms with van der Waals surface area (Å²) in [5, 5.41) is 9.72. The first kappa shape index (κ1) is 13.1. The van der Waals surface area contributed by atoms with Crippen molar-refractivity contribution in [2.45, 2.75) is 25.2 Å². The van der Waals surface area contributed by atoms with Crippen LogP contribution < -0.4 is 0 Å². The Kier molecular flexibility index (Phi) is 3.66. The molecular formula is C18H18O2. The average Bonchev–Trinajstić information content (AvgIpc) is 2.80. The van der Waals surface area contributed by atoms with Crippen molar-refractivity contribution < 1.29 is 9.90 Å². The highest BCUT2D eigenvalue weighted by Crippen LogP contribution is 2.44. The van der Waals surface area contributed by atoms with Gasteiger partial charge >= 0.3 is 0 Å². The van der Waals surface area contributed by atoms with Crippen molar-refractivity contribution in [3.63, 3.8) is 0 Å². The third-order valence-corrected chi connectivity index (χ3v) is 4.09. The van der Waals surface area contributed by atoms with Gasteiger partial charge in [-0.1, -0.05) is 42.5 Å². The molecule has 0 amide bonds. The zero-order chi connectivity index (χ0) is 13.9. The number of aldehydes is 1. The van der Waals surface area contributed by atoms with Gasteiger partial charge in [0.1, 0.15) is 6.29 Å². The fourth-order valence-electron chi connectivity index (χ4n) is 3.10. The molecule has 3 rings (SSSR count). The zero-order valence-corrected chi connectivity index (χ0v) is 11.4. The molecule has 0 saturated carbocycles. The van der Waals surface area contributed by atoms with Crippen LogP contribution in [0.5, 0.6) is 0 Å². The van der Waals surface area contributed by atoms with E-state index in [2.05, 4.69) is 30.3 Å². The summed E-state index contributed by atoms with van der Waals surface area (Å²) in [4.78, 5) is 10.4. The Labute approximate surface area is 119 Å². The summed E-state index contributed by atoms with van der Waals surface area (Å²) in [7, 11) is 0. The normalized spacial score (nSPS) is 15.8. The standard InChI is InChI=1S/C18H18O2/c19-10-4-3-5-13-8-9-16-14-6-1-2-7-15(14)18(12-20)17(16)11-13/h1-2,6-11,18,20H,3-5,12H2. The number of fused-ring (bicyclic) bond motifs is 3. The van der Waals surface area contributed by atoms with Gasteiger partial charge in [0.05, 0.1) is 6.61 Å². The van der Waals surface area contributed by atoms with E-state index in [1.807, 2.05) is 12.1 Å². The third kappa shape index (κ3) is 2.16. The van der Waals surface area contributed by atoms with Gasteiger partial charge in [0.15, 0.2) is 0 Å². The van der Waals surface area contributed by atoms with E-state index in [-0.39, 0.29) is 12.5 Å². The molecular weight excluding hydrogens is 248 g/mol. The second-order valence-corrected chi connectivity index (χ2v) is 5.30. The first-order valence-corrected chi connectivity index (χ1v) is 7.11. The Morgan fingerprint density at radius 3 is 2.65 bits per heavy atom. The summed E-state index contributed by atoms with van der Waals surface area (Å²) in [6, 6.07) is 14.8. The SMILES string of the molecule is O=CCCCc1ccc2c(c1)C(CO)c1ccccc1-2. The molecule has 2 aromatic rings. The van der Waals surface area contributed by atoms with Gasteiger partial charge < -0.3 is 9.90 Å². The van der Waals surface area contributed by atoms with Gasteiger partial charge in [-0.3, -0.25) is 0 Å². The molecule has 2 aromatic carbocycles. The number of benzene rings is 2. The van der Waals surface area contributed by atoms with Crippen molar-refractivity contribution in [2.24, 2.45) is 0 Å². The average molecular weight is 266 g/mol. The van der Waals surface area contributed by atoms with Gasteiger partial charge in [-0.2, -0.15) is 0 Å². The van der Waals surface area contributed by atoms with E-state index in [0.717, 1.165) is 19.1 Å². The van der Waals surface area contributed by atoms with E-state index in [0.29, 0.717) is 6.42 Å². The van der Waals surface area contributed by atoms with Crippen LogP contribution in [0.2, 0.25) is 0 Å². The number of carbonyl (C=O) groups is 1. The monoisotopic (exact) mass is 266 g/mol. The first-order valence-electron chi connectivity index (χ1n) is 7.11. The molecule has 20 heavy (non-hydrogen) atoms. The topological polar surface area (TPSA) is 37.3 Å². The van der Waals surface area contributed by atoms with Gasteiger partial charge in [0.2, 0.25) is 0 Å². The number of aliphatic hydroxyl groups excluding tert-OH is 1. The van der Waals surface area contributed by atoms with Gasteiger partial charge in [0.25, 0.3) is 0 Å². The molecule has 0 aliphatic heterocycles.